The van der Waals surface area contributed by atoms with Crippen LogP contribution >= 0.6 is 11.6 Å². The Balaban J connectivity index is 3.05. The number of nitrogen functional groups attached to an aromatic ring is 1. The van der Waals surface area contributed by atoms with Crippen LogP contribution in [0.3, 0.4) is 0 Å². The van der Waals surface area contributed by atoms with E-state index >= 15 is 0 Å². The molecular weight excluding hydrogens is 322 g/mol. The van der Waals surface area contributed by atoms with E-state index in [4.69, 9.17) is 17.3 Å². The standard InChI is InChI=1S/C11H14ClN3O5S/c1-14(3-4-21(2,19)20)11(16)7-5-8(12)10(13)9(6-7)15(17)18/h5-6H,3-4,13H2,1-2H3. The molecule has 1 aromatic rings. The zero-order chi connectivity index (χ0) is 16.4. The van der Waals surface area contributed by atoms with E-state index in [9.17, 15) is 23.3 Å². The zero-order valence-electron chi connectivity index (χ0n) is 11.4. The summed E-state index contributed by atoms with van der Waals surface area (Å²) in [6.45, 7) is -0.0343. The predicted octanol–water partition coefficient (Wildman–Crippen LogP) is 0.947. The van der Waals surface area contributed by atoms with E-state index < -0.39 is 26.4 Å². The van der Waals surface area contributed by atoms with Gasteiger partial charge in [-0.2, -0.15) is 0 Å². The second-order valence-electron chi connectivity index (χ2n) is 4.50. The van der Waals surface area contributed by atoms with E-state index in [-0.39, 0.29) is 28.6 Å². The minimum atomic E-state index is -3.22. The van der Waals surface area contributed by atoms with Crippen LogP contribution in [-0.2, 0) is 9.84 Å². The van der Waals surface area contributed by atoms with E-state index in [1.165, 1.54) is 13.1 Å². The van der Waals surface area contributed by atoms with Crippen molar-refractivity contribution in [1.29, 1.82) is 0 Å². The number of halogens is 1. The maximum atomic E-state index is 12.1. The van der Waals surface area contributed by atoms with Gasteiger partial charge in [-0.3, -0.25) is 14.9 Å². The van der Waals surface area contributed by atoms with Crippen molar-refractivity contribution in [2.45, 2.75) is 0 Å². The van der Waals surface area contributed by atoms with Crippen molar-refractivity contribution >= 4 is 38.7 Å². The lowest BCUT2D eigenvalue weighted by Gasteiger charge is -2.17. The third-order valence-electron chi connectivity index (χ3n) is 2.70. The number of nitro groups is 1. The number of hydrogen-bond acceptors (Lipinski definition) is 6. The first-order valence-electron chi connectivity index (χ1n) is 5.69. The third-order valence-corrected chi connectivity index (χ3v) is 3.93. The molecule has 0 spiro atoms. The van der Waals surface area contributed by atoms with Crippen LogP contribution in [0.25, 0.3) is 0 Å². The number of amides is 1. The van der Waals surface area contributed by atoms with E-state index in [0.29, 0.717) is 0 Å². The van der Waals surface area contributed by atoms with Crippen molar-refractivity contribution in [1.82, 2.24) is 4.90 Å². The Hall–Kier alpha value is -1.87. The minimum Gasteiger partial charge on any atom is -0.392 e. The van der Waals surface area contributed by atoms with Crippen LogP contribution in [0.1, 0.15) is 10.4 Å². The average Bonchev–Trinajstić information content (AvgIpc) is 2.36. The smallest absolute Gasteiger partial charge is 0.294 e. The lowest BCUT2D eigenvalue weighted by molar-refractivity contribution is -0.383. The van der Waals surface area contributed by atoms with Crippen molar-refractivity contribution in [3.63, 3.8) is 0 Å². The average molecular weight is 336 g/mol. The molecule has 0 fully saturated rings. The molecule has 0 atom stereocenters. The summed E-state index contributed by atoms with van der Waals surface area (Å²) in [4.78, 5) is 23.4. The highest BCUT2D eigenvalue weighted by atomic mass is 35.5. The number of nitrogens with two attached hydrogens (primary N) is 1. The quantitative estimate of drug-likeness (QED) is 0.485. The number of sulfone groups is 1. The molecule has 0 aliphatic heterocycles. The van der Waals surface area contributed by atoms with Gasteiger partial charge in [0, 0.05) is 31.5 Å². The first kappa shape index (κ1) is 17.2. The van der Waals surface area contributed by atoms with Gasteiger partial charge in [-0.1, -0.05) is 11.6 Å². The summed E-state index contributed by atoms with van der Waals surface area (Å²) in [7, 11) is -1.83. The Labute approximate surface area is 126 Å². The van der Waals surface area contributed by atoms with E-state index in [2.05, 4.69) is 0 Å². The van der Waals surface area contributed by atoms with Gasteiger partial charge < -0.3 is 10.6 Å². The van der Waals surface area contributed by atoms with Crippen LogP contribution in [-0.4, -0.2) is 49.7 Å². The molecule has 0 aliphatic rings. The van der Waals surface area contributed by atoms with Gasteiger partial charge in [0.15, 0.2) is 0 Å². The number of hydrogen-bond donors (Lipinski definition) is 1. The lowest BCUT2D eigenvalue weighted by Crippen LogP contribution is -2.31. The molecule has 0 unspecified atom stereocenters. The summed E-state index contributed by atoms with van der Waals surface area (Å²) in [5.41, 5.74) is 4.74. The molecule has 1 rings (SSSR count). The topological polar surface area (TPSA) is 124 Å². The molecule has 0 saturated carbocycles. The zero-order valence-corrected chi connectivity index (χ0v) is 12.9. The van der Waals surface area contributed by atoms with Crippen molar-refractivity contribution in [2.75, 3.05) is 31.3 Å². The molecule has 0 aliphatic carbocycles. The highest BCUT2D eigenvalue weighted by Gasteiger charge is 2.21. The second-order valence-corrected chi connectivity index (χ2v) is 7.17. The molecule has 1 aromatic carbocycles. The molecular formula is C11H14ClN3O5S. The molecule has 0 aromatic heterocycles. The fourth-order valence-electron chi connectivity index (χ4n) is 1.50. The number of nitro benzene ring substituents is 1. The first-order valence-corrected chi connectivity index (χ1v) is 8.13. The fraction of sp³-hybridized carbons (Fsp3) is 0.364. The molecule has 1 amide bonds. The number of nitrogens with zero attached hydrogens (tertiary/aromatic N) is 2. The summed E-state index contributed by atoms with van der Waals surface area (Å²) in [6.07, 6.45) is 1.05. The first-order chi connectivity index (χ1) is 9.53. The van der Waals surface area contributed by atoms with Gasteiger partial charge in [0.1, 0.15) is 15.5 Å². The van der Waals surface area contributed by atoms with Gasteiger partial charge in [0.2, 0.25) is 0 Å². The lowest BCUT2D eigenvalue weighted by atomic mass is 10.1. The Bertz CT molecular complexity index is 689. The van der Waals surface area contributed by atoms with Crippen LogP contribution in [0.5, 0.6) is 0 Å². The Morgan fingerprint density at radius 3 is 2.52 bits per heavy atom. The molecule has 0 heterocycles. The molecule has 8 nitrogen and oxygen atoms in total. The van der Waals surface area contributed by atoms with Gasteiger partial charge in [-0.25, -0.2) is 8.42 Å². The van der Waals surface area contributed by atoms with Crippen LogP contribution in [0.4, 0.5) is 11.4 Å². The predicted molar refractivity (Wildman–Crippen MR) is 79.2 cm³/mol. The monoisotopic (exact) mass is 335 g/mol. The van der Waals surface area contributed by atoms with E-state index in [1.807, 2.05) is 0 Å². The maximum absolute atomic E-state index is 12.1. The van der Waals surface area contributed by atoms with Gasteiger partial charge in [0.05, 0.1) is 15.7 Å². The number of benzene rings is 1. The normalized spacial score (nSPS) is 11.2. The second kappa shape index (κ2) is 6.27. The number of carbonyl (C=O) groups excluding carboxylic acids is 1. The van der Waals surface area contributed by atoms with E-state index in [1.54, 1.807) is 0 Å². The van der Waals surface area contributed by atoms with Crippen molar-refractivity contribution < 1.29 is 18.1 Å². The summed E-state index contributed by atoms with van der Waals surface area (Å²) < 4.78 is 22.1. The van der Waals surface area contributed by atoms with Crippen molar-refractivity contribution in [2.24, 2.45) is 0 Å². The van der Waals surface area contributed by atoms with Crippen molar-refractivity contribution in [3.8, 4) is 0 Å². The van der Waals surface area contributed by atoms with Crippen LogP contribution < -0.4 is 5.73 Å². The van der Waals surface area contributed by atoms with Crippen molar-refractivity contribution in [3.05, 3.63) is 32.8 Å². The highest BCUT2D eigenvalue weighted by molar-refractivity contribution is 7.90. The van der Waals surface area contributed by atoms with Gasteiger partial charge >= 0.3 is 0 Å². The minimum absolute atomic E-state index is 0.0306. The molecule has 0 saturated heterocycles. The molecule has 0 radical (unpaired) electrons. The molecule has 10 heteroatoms. The molecule has 116 valence electrons. The molecule has 21 heavy (non-hydrogen) atoms. The van der Waals surface area contributed by atoms with Gasteiger partial charge in [0.25, 0.3) is 11.6 Å². The molecule has 2 N–H and O–H groups in total. The molecule has 0 bridgehead atoms. The van der Waals surface area contributed by atoms with Crippen LogP contribution in [0.2, 0.25) is 5.02 Å². The summed E-state index contributed by atoms with van der Waals surface area (Å²) >= 11 is 5.77. The Morgan fingerprint density at radius 1 is 1.48 bits per heavy atom. The summed E-state index contributed by atoms with van der Waals surface area (Å²) in [5, 5.41) is 10.7. The highest BCUT2D eigenvalue weighted by Crippen LogP contribution is 2.31. The number of carbonyl (C=O) groups is 1. The van der Waals surface area contributed by atoms with Crippen LogP contribution in [0.15, 0.2) is 12.1 Å². The number of rotatable bonds is 5. The SMILES string of the molecule is CN(CCS(C)(=O)=O)C(=O)c1cc(Cl)c(N)c([N+](=O)[O-])c1. The number of anilines is 1. The van der Waals surface area contributed by atoms with Gasteiger partial charge in [-0.15, -0.1) is 0 Å². The maximum Gasteiger partial charge on any atom is 0.294 e. The third kappa shape index (κ3) is 4.57. The summed E-state index contributed by atoms with van der Waals surface area (Å²) in [5.74, 6) is -0.788. The Morgan fingerprint density at radius 2 is 2.05 bits per heavy atom. The van der Waals surface area contributed by atoms with E-state index in [0.717, 1.165) is 17.2 Å². The largest absolute Gasteiger partial charge is 0.392 e. The van der Waals surface area contributed by atoms with Crippen LogP contribution in [0, 0.1) is 10.1 Å². The summed E-state index contributed by atoms with van der Waals surface area (Å²) in [6, 6.07) is 2.23. The Kier molecular flexibility index (Phi) is 5.13. The van der Waals surface area contributed by atoms with Gasteiger partial charge in [-0.05, 0) is 6.07 Å². The fourth-order valence-corrected chi connectivity index (χ4v) is 2.32.